The van der Waals surface area contributed by atoms with Gasteiger partial charge in [0.2, 0.25) is 0 Å². The van der Waals surface area contributed by atoms with Crippen LogP contribution < -0.4 is 15.4 Å². The van der Waals surface area contributed by atoms with Crippen molar-refractivity contribution in [2.75, 3.05) is 13.1 Å². The first-order valence-electron chi connectivity index (χ1n) is 7.45. The highest BCUT2D eigenvalue weighted by Gasteiger charge is 2.24. The van der Waals surface area contributed by atoms with Crippen molar-refractivity contribution >= 4 is 29.9 Å². The number of rotatable bonds is 4. The van der Waals surface area contributed by atoms with E-state index in [1.807, 2.05) is 13.8 Å². The van der Waals surface area contributed by atoms with Crippen molar-refractivity contribution in [3.05, 3.63) is 28.8 Å². The Morgan fingerprint density at radius 3 is 2.82 bits per heavy atom. The molecule has 0 aromatic heterocycles. The fourth-order valence-electron chi connectivity index (χ4n) is 2.51. The van der Waals surface area contributed by atoms with E-state index in [0.29, 0.717) is 22.3 Å². The van der Waals surface area contributed by atoms with E-state index in [9.17, 15) is 4.79 Å². The van der Waals surface area contributed by atoms with Gasteiger partial charge in [-0.15, -0.1) is 12.4 Å². The number of benzene rings is 1. The average molecular weight is 347 g/mol. The van der Waals surface area contributed by atoms with Gasteiger partial charge in [0.1, 0.15) is 5.75 Å². The van der Waals surface area contributed by atoms with Crippen LogP contribution >= 0.6 is 24.0 Å². The van der Waals surface area contributed by atoms with Gasteiger partial charge in [-0.2, -0.15) is 0 Å². The summed E-state index contributed by atoms with van der Waals surface area (Å²) in [4.78, 5) is 12.5. The normalized spacial score (nSPS) is 21.1. The predicted molar refractivity (Wildman–Crippen MR) is 92.4 cm³/mol. The zero-order valence-corrected chi connectivity index (χ0v) is 14.8. The Bertz CT molecular complexity index is 509. The lowest BCUT2D eigenvalue weighted by molar-refractivity contribution is 0.0908. The summed E-state index contributed by atoms with van der Waals surface area (Å²) in [6.07, 6.45) is 0.948. The van der Waals surface area contributed by atoms with Crippen LogP contribution in [0.15, 0.2) is 18.2 Å². The smallest absolute Gasteiger partial charge is 0.255 e. The largest absolute Gasteiger partial charge is 0.490 e. The maximum absolute atomic E-state index is 12.5. The van der Waals surface area contributed by atoms with Gasteiger partial charge in [-0.05, 0) is 57.5 Å². The number of ether oxygens (including phenoxy) is 1. The van der Waals surface area contributed by atoms with Crippen LogP contribution in [0.4, 0.5) is 0 Å². The van der Waals surface area contributed by atoms with Crippen LogP contribution in [0.1, 0.15) is 37.6 Å². The quantitative estimate of drug-likeness (QED) is 0.879. The highest BCUT2D eigenvalue weighted by atomic mass is 35.5. The summed E-state index contributed by atoms with van der Waals surface area (Å²) in [7, 11) is 0. The van der Waals surface area contributed by atoms with E-state index in [4.69, 9.17) is 16.3 Å². The molecule has 1 fully saturated rings. The molecule has 0 saturated carbocycles. The molecule has 1 amide bonds. The fraction of sp³-hybridized carbons (Fsp3) is 0.562. The Labute approximate surface area is 143 Å². The number of halogens is 2. The molecule has 1 heterocycles. The maximum Gasteiger partial charge on any atom is 0.255 e. The number of hydrogen-bond acceptors (Lipinski definition) is 3. The monoisotopic (exact) mass is 346 g/mol. The third-order valence-corrected chi connectivity index (χ3v) is 3.89. The van der Waals surface area contributed by atoms with E-state index in [1.54, 1.807) is 18.2 Å². The molecule has 2 atom stereocenters. The van der Waals surface area contributed by atoms with Crippen molar-refractivity contribution in [2.45, 2.75) is 39.3 Å². The fourth-order valence-corrected chi connectivity index (χ4v) is 2.68. The minimum atomic E-state index is -0.119. The van der Waals surface area contributed by atoms with Gasteiger partial charge in [-0.3, -0.25) is 4.79 Å². The standard InChI is InChI=1S/C16H23ClN2O2.ClH/c1-10(2)21-15-5-4-12(17)8-13(15)16(20)19-14-6-7-18-9-11(14)3;/h4-5,8,10-11,14,18H,6-7,9H2,1-3H3,(H,19,20);1H. The molecule has 124 valence electrons. The topological polar surface area (TPSA) is 50.4 Å². The second kappa shape index (κ2) is 8.61. The van der Waals surface area contributed by atoms with E-state index in [2.05, 4.69) is 17.6 Å². The molecule has 0 bridgehead atoms. The summed E-state index contributed by atoms with van der Waals surface area (Å²) >= 11 is 6.02. The SMILES string of the molecule is CC(C)Oc1ccc(Cl)cc1C(=O)NC1CCNCC1C.Cl. The molecule has 1 aromatic rings. The first kappa shape index (κ1) is 19.1. The van der Waals surface area contributed by atoms with E-state index in [0.717, 1.165) is 19.5 Å². The average Bonchev–Trinajstić information content (AvgIpc) is 2.43. The molecule has 1 saturated heterocycles. The van der Waals surface area contributed by atoms with Gasteiger partial charge in [0.25, 0.3) is 5.91 Å². The molecule has 0 aliphatic carbocycles. The van der Waals surface area contributed by atoms with Crippen LogP contribution in [0.25, 0.3) is 0 Å². The van der Waals surface area contributed by atoms with E-state index < -0.39 is 0 Å². The van der Waals surface area contributed by atoms with Crippen molar-refractivity contribution in [3.63, 3.8) is 0 Å². The predicted octanol–water partition coefficient (Wildman–Crippen LogP) is 3.28. The molecule has 2 rings (SSSR count). The third kappa shape index (κ3) is 5.04. The van der Waals surface area contributed by atoms with E-state index in [1.165, 1.54) is 0 Å². The Balaban J connectivity index is 0.00000242. The molecule has 22 heavy (non-hydrogen) atoms. The Morgan fingerprint density at radius 1 is 1.45 bits per heavy atom. The first-order chi connectivity index (χ1) is 9.97. The van der Waals surface area contributed by atoms with Crippen LogP contribution in [0.2, 0.25) is 5.02 Å². The van der Waals surface area contributed by atoms with E-state index >= 15 is 0 Å². The molecule has 1 aliphatic rings. The van der Waals surface area contributed by atoms with Gasteiger partial charge in [0.15, 0.2) is 0 Å². The van der Waals surface area contributed by atoms with Crippen LogP contribution in [-0.2, 0) is 0 Å². The third-order valence-electron chi connectivity index (χ3n) is 3.65. The van der Waals surface area contributed by atoms with Gasteiger partial charge < -0.3 is 15.4 Å². The number of nitrogens with one attached hydrogen (secondary N) is 2. The second-order valence-electron chi connectivity index (χ2n) is 5.86. The van der Waals surface area contributed by atoms with Crippen LogP contribution in [0.5, 0.6) is 5.75 Å². The lowest BCUT2D eigenvalue weighted by atomic mass is 9.95. The number of carbonyl (C=O) groups excluding carboxylic acids is 1. The molecular formula is C16H24Cl2N2O2. The Morgan fingerprint density at radius 2 is 2.18 bits per heavy atom. The number of piperidine rings is 1. The summed E-state index contributed by atoms with van der Waals surface area (Å²) in [5, 5.41) is 6.97. The van der Waals surface area contributed by atoms with Crippen LogP contribution in [-0.4, -0.2) is 31.1 Å². The van der Waals surface area contributed by atoms with Crippen LogP contribution in [0.3, 0.4) is 0 Å². The zero-order valence-electron chi connectivity index (χ0n) is 13.2. The summed E-state index contributed by atoms with van der Waals surface area (Å²) in [6, 6.07) is 5.34. The van der Waals surface area contributed by atoms with Crippen molar-refractivity contribution in [2.24, 2.45) is 5.92 Å². The lowest BCUT2D eigenvalue weighted by Crippen LogP contribution is -2.48. The van der Waals surface area contributed by atoms with E-state index in [-0.39, 0.29) is 30.5 Å². The number of hydrogen-bond donors (Lipinski definition) is 2. The summed E-state index contributed by atoms with van der Waals surface area (Å²) < 4.78 is 5.71. The van der Waals surface area contributed by atoms with Crippen LogP contribution in [0, 0.1) is 5.92 Å². The summed E-state index contributed by atoms with van der Waals surface area (Å²) in [5.41, 5.74) is 0.502. The molecule has 2 N–H and O–H groups in total. The zero-order chi connectivity index (χ0) is 15.4. The Hall–Kier alpha value is -0.970. The number of carbonyl (C=O) groups is 1. The lowest BCUT2D eigenvalue weighted by Gasteiger charge is -2.30. The molecular weight excluding hydrogens is 323 g/mol. The molecule has 2 unspecified atom stereocenters. The summed E-state index contributed by atoms with van der Waals surface area (Å²) in [5.74, 6) is 0.872. The second-order valence-corrected chi connectivity index (χ2v) is 6.29. The van der Waals surface area contributed by atoms with Crippen molar-refractivity contribution in [3.8, 4) is 5.75 Å². The van der Waals surface area contributed by atoms with Gasteiger partial charge in [0, 0.05) is 11.1 Å². The molecule has 4 nitrogen and oxygen atoms in total. The minimum Gasteiger partial charge on any atom is -0.490 e. The van der Waals surface area contributed by atoms with Gasteiger partial charge >= 0.3 is 0 Å². The highest BCUT2D eigenvalue weighted by molar-refractivity contribution is 6.31. The summed E-state index contributed by atoms with van der Waals surface area (Å²) in [6.45, 7) is 7.87. The molecule has 6 heteroatoms. The minimum absolute atomic E-state index is 0. The highest BCUT2D eigenvalue weighted by Crippen LogP contribution is 2.24. The first-order valence-corrected chi connectivity index (χ1v) is 7.83. The van der Waals surface area contributed by atoms with Gasteiger partial charge in [-0.25, -0.2) is 0 Å². The van der Waals surface area contributed by atoms with Gasteiger partial charge in [-0.1, -0.05) is 18.5 Å². The Kier molecular flexibility index (Phi) is 7.46. The molecule has 0 radical (unpaired) electrons. The van der Waals surface area contributed by atoms with Crippen molar-refractivity contribution < 1.29 is 9.53 Å². The van der Waals surface area contributed by atoms with Crippen molar-refractivity contribution in [1.29, 1.82) is 0 Å². The van der Waals surface area contributed by atoms with Gasteiger partial charge in [0.05, 0.1) is 11.7 Å². The molecule has 0 spiro atoms. The number of amides is 1. The molecule has 1 aliphatic heterocycles. The van der Waals surface area contributed by atoms with Crippen molar-refractivity contribution in [1.82, 2.24) is 10.6 Å². The molecule has 1 aromatic carbocycles. The maximum atomic E-state index is 12.5.